The van der Waals surface area contributed by atoms with Gasteiger partial charge in [0.05, 0.1) is 0 Å². The van der Waals surface area contributed by atoms with Gasteiger partial charge in [-0.2, -0.15) is 0 Å². The summed E-state index contributed by atoms with van der Waals surface area (Å²) in [4.78, 5) is 12.1. The first-order valence-corrected chi connectivity index (χ1v) is 20.4. The van der Waals surface area contributed by atoms with Crippen molar-refractivity contribution in [3.63, 3.8) is 0 Å². The number of fused-ring (bicyclic) bond motifs is 10. The molecular formula is C24H42FeP2. The molecule has 0 radical (unpaired) electrons. The van der Waals surface area contributed by atoms with Crippen molar-refractivity contribution in [2.45, 2.75) is 120 Å². The van der Waals surface area contributed by atoms with Crippen LogP contribution in [0.2, 0.25) is 42.8 Å². The third-order valence-electron chi connectivity index (χ3n) is 17.6. The van der Waals surface area contributed by atoms with Gasteiger partial charge in [-0.25, -0.2) is 0 Å². The van der Waals surface area contributed by atoms with E-state index in [1.165, 1.54) is 42.6 Å². The molecule has 0 saturated carbocycles. The zero-order chi connectivity index (χ0) is 19.3. The summed E-state index contributed by atoms with van der Waals surface area (Å²) in [6, 6.07) is 0. The molecular weight excluding hydrogens is 406 g/mol. The normalized spacial score (nSPS) is 83.2. The number of rotatable bonds is 5. The number of hydrogen-bond donors (Lipinski definition) is 0. The second-order valence-electron chi connectivity index (χ2n) is 16.5. The zero-order valence-electron chi connectivity index (χ0n) is 18.8. The maximum absolute atomic E-state index is 3.00. The Morgan fingerprint density at radius 3 is 1.56 bits per heavy atom. The molecule has 0 N–H and O–H groups in total. The third kappa shape index (κ3) is 0.293. The van der Waals surface area contributed by atoms with Crippen LogP contribution in [0.1, 0.15) is 68.2 Å². The van der Waals surface area contributed by atoms with Gasteiger partial charge in [-0.05, 0) is 5.16 Å². The molecule has 0 aromatic carbocycles. The molecule has 27 heavy (non-hydrogen) atoms. The molecule has 156 valence electrons. The molecule has 1 spiro atoms. The van der Waals surface area contributed by atoms with E-state index < -0.39 is 6.51 Å². The quantitative estimate of drug-likeness (QED) is 0.292. The zero-order valence-corrected chi connectivity index (χ0v) is 22.0. The molecule has 0 bridgehead atoms. The first-order chi connectivity index (χ1) is 12.2. The van der Waals surface area contributed by atoms with Crippen LogP contribution in [0.15, 0.2) is 0 Å². The predicted molar refractivity (Wildman–Crippen MR) is 122 cm³/mol. The summed E-state index contributed by atoms with van der Waals surface area (Å²) in [5, 5.41) is 0.417. The van der Waals surface area contributed by atoms with Crippen molar-refractivity contribution in [3.8, 4) is 0 Å². The van der Waals surface area contributed by atoms with Gasteiger partial charge in [0.1, 0.15) is 0 Å². The van der Waals surface area contributed by atoms with E-state index in [2.05, 4.69) is 64.6 Å². The first-order valence-electron chi connectivity index (χ1n) is 11.9. The molecule has 10 heterocycles. The van der Waals surface area contributed by atoms with Crippen molar-refractivity contribution in [1.82, 2.24) is 0 Å². The average Bonchev–Trinajstić information content (AvgIpc) is 3.46. The van der Waals surface area contributed by atoms with Gasteiger partial charge in [0, 0.05) is 0 Å². The van der Waals surface area contributed by atoms with Gasteiger partial charge in [-0.1, -0.05) is 20.8 Å². The van der Waals surface area contributed by atoms with E-state index in [4.69, 9.17) is 0 Å². The van der Waals surface area contributed by atoms with Crippen LogP contribution in [0.4, 0.5) is 0 Å². The van der Waals surface area contributed by atoms with Crippen molar-refractivity contribution in [3.05, 3.63) is 0 Å². The summed E-state index contributed by atoms with van der Waals surface area (Å²) in [5.41, 5.74) is 0.587. The van der Waals surface area contributed by atoms with Gasteiger partial charge in [-0.15, -0.1) is 9.24 Å². The second kappa shape index (κ2) is 1.85. The molecule has 5 unspecified atom stereocenters. The molecule has 10 saturated heterocycles. The Morgan fingerprint density at radius 2 is 1.26 bits per heavy atom. The Bertz CT molecular complexity index is 1150. The van der Waals surface area contributed by atoms with Gasteiger partial charge in [0.15, 0.2) is 0 Å². The van der Waals surface area contributed by atoms with E-state index in [1.807, 2.05) is 0 Å². The number of hydrogen-bond acceptors (Lipinski definition) is 0. The molecule has 0 nitrogen and oxygen atoms in total. The van der Waals surface area contributed by atoms with Crippen molar-refractivity contribution < 1.29 is 6.51 Å². The average molecular weight is 448 g/mol. The summed E-state index contributed by atoms with van der Waals surface area (Å²) in [6.45, 7) is 16.2. The van der Waals surface area contributed by atoms with Crippen LogP contribution in [0.5, 0.6) is 0 Å². The van der Waals surface area contributed by atoms with Gasteiger partial charge in [0.25, 0.3) is 0 Å². The monoisotopic (exact) mass is 448 g/mol. The van der Waals surface area contributed by atoms with Crippen LogP contribution in [0, 0.1) is 5.41 Å². The summed E-state index contributed by atoms with van der Waals surface area (Å²) >= 11 is 0. The summed E-state index contributed by atoms with van der Waals surface area (Å²) in [7, 11) is 3.15. The van der Waals surface area contributed by atoms with Gasteiger partial charge < -0.3 is 0 Å². The molecule has 0 aromatic heterocycles. The Labute approximate surface area is 161 Å². The van der Waals surface area contributed by atoms with Crippen molar-refractivity contribution in [2.75, 3.05) is 12.3 Å². The van der Waals surface area contributed by atoms with Crippen LogP contribution in [-0.2, 0) is 6.51 Å². The van der Waals surface area contributed by atoms with Crippen LogP contribution >= 0.6 is 17.2 Å². The maximum atomic E-state index is 2.72. The SMILES string of the molecule is CC(C)(C)P.CCP(CC)[C]12[CH]3[CH]4[CH]5[C@]1(CCC(C)(C)C)[Fe]43521678[CH]2[CH]1[CH]6[CH]7[CH]28. The van der Waals surface area contributed by atoms with E-state index in [-0.39, 0.29) is 0 Å². The summed E-state index contributed by atoms with van der Waals surface area (Å²) in [6.07, 6.45) is 6.53. The molecule has 3 heteroatoms. The molecule has 10 aliphatic heterocycles. The van der Waals surface area contributed by atoms with Crippen molar-refractivity contribution >= 4 is 17.2 Å². The van der Waals surface area contributed by atoms with Gasteiger partial charge in [0.2, 0.25) is 0 Å². The molecule has 6 atom stereocenters. The molecule has 0 amide bonds. The van der Waals surface area contributed by atoms with Crippen LogP contribution in [0.25, 0.3) is 0 Å². The second-order valence-corrected chi connectivity index (χ2v) is 45.0. The Hall–Kier alpha value is 1.38. The Balaban J connectivity index is 0.000000223. The molecule has 10 aliphatic rings. The van der Waals surface area contributed by atoms with Crippen molar-refractivity contribution in [1.29, 1.82) is 0 Å². The van der Waals surface area contributed by atoms with Gasteiger partial charge in [-0.3, -0.25) is 0 Å². The fraction of sp³-hybridized carbons (Fsp3) is 1.00. The molecule has 10 fully saturated rings. The van der Waals surface area contributed by atoms with Crippen LogP contribution in [-0.4, -0.2) is 21.5 Å². The molecule has 0 aliphatic carbocycles. The standard InChI is InChI=1S/C15H26P.C5H5.C4H11P.Fe/c1-6-16(7-2)14-10-8-9-13(14)11-12-15(3,4)5;1-2-4-5-3-1;1-4(2,3)5;/h8-10H,6-7,11-12H2,1-5H3;1-5H;5H2,1-3H3;. The van der Waals surface area contributed by atoms with Crippen LogP contribution < -0.4 is 0 Å². The van der Waals surface area contributed by atoms with E-state index >= 15 is 0 Å². The molecule has 10 rings (SSSR count). The Kier molecular flexibility index (Phi) is 1.10. The van der Waals surface area contributed by atoms with E-state index in [1.54, 1.807) is 25.2 Å². The third-order valence-corrected chi connectivity index (χ3v) is 68.5. The first kappa shape index (κ1) is 16.1. The minimum absolute atomic E-state index is 0.417. The van der Waals surface area contributed by atoms with E-state index in [0.29, 0.717) is 18.5 Å². The molecule has 0 aromatic rings. The summed E-state index contributed by atoms with van der Waals surface area (Å²) in [5.74, 6) is 0. The summed E-state index contributed by atoms with van der Waals surface area (Å²) < 4.78 is 2.34. The van der Waals surface area contributed by atoms with Gasteiger partial charge >= 0.3 is 127 Å². The fourth-order valence-electron chi connectivity index (χ4n) is 19.8. The van der Waals surface area contributed by atoms with Crippen LogP contribution in [0.3, 0.4) is 0 Å². The minimum atomic E-state index is -3.00. The fourth-order valence-corrected chi connectivity index (χ4v) is 113. The topological polar surface area (TPSA) is 0 Å². The van der Waals surface area contributed by atoms with E-state index in [9.17, 15) is 0 Å². The Morgan fingerprint density at radius 1 is 0.815 bits per heavy atom. The predicted octanol–water partition coefficient (Wildman–Crippen LogP) is 8.66. The van der Waals surface area contributed by atoms with Crippen molar-refractivity contribution in [2.24, 2.45) is 5.41 Å². The van der Waals surface area contributed by atoms with E-state index in [0.717, 1.165) is 4.31 Å².